The van der Waals surface area contributed by atoms with E-state index in [0.717, 1.165) is 21.7 Å². The largest absolute Gasteiger partial charge is 0.324 e. The van der Waals surface area contributed by atoms with Crippen LogP contribution in [0.2, 0.25) is 0 Å². The minimum absolute atomic E-state index is 0.214. The number of nitrogens with one attached hydrogen (secondary N) is 1. The van der Waals surface area contributed by atoms with Crippen LogP contribution in [0.25, 0.3) is 0 Å². The molecule has 0 aromatic heterocycles. The highest BCUT2D eigenvalue weighted by molar-refractivity contribution is 6.09. The molecule has 3 rings (SSSR count). The first-order valence-corrected chi connectivity index (χ1v) is 9.74. The number of benzene rings is 1. The molecule has 1 heterocycles. The normalized spacial score (nSPS) is 21.9. The van der Waals surface area contributed by atoms with Gasteiger partial charge in [0.2, 0.25) is 17.7 Å². The molecular formula is C22H28N2O3. The van der Waals surface area contributed by atoms with Crippen molar-refractivity contribution in [3.63, 3.8) is 0 Å². The highest BCUT2D eigenvalue weighted by atomic mass is 16.2. The predicted molar refractivity (Wildman–Crippen MR) is 105 cm³/mol. The number of likely N-dealkylation sites (tertiary alicyclic amines) is 1. The van der Waals surface area contributed by atoms with Gasteiger partial charge in [-0.1, -0.05) is 58.0 Å². The number of hydrogen-bond acceptors (Lipinski definition) is 3. The molecule has 0 radical (unpaired) electrons. The molecular weight excluding hydrogens is 340 g/mol. The zero-order valence-corrected chi connectivity index (χ0v) is 16.5. The van der Waals surface area contributed by atoms with Crippen LogP contribution in [-0.2, 0) is 14.4 Å². The molecule has 1 aliphatic carbocycles. The Balaban J connectivity index is 1.79. The molecule has 0 unspecified atom stereocenters. The second kappa shape index (κ2) is 7.67. The van der Waals surface area contributed by atoms with Crippen LogP contribution in [0.5, 0.6) is 0 Å². The summed E-state index contributed by atoms with van der Waals surface area (Å²) in [5, 5.41) is 2.99. The summed E-state index contributed by atoms with van der Waals surface area (Å²) >= 11 is 0. The maximum atomic E-state index is 12.7. The number of carbonyl (C=O) groups excluding carboxylic acids is 3. The van der Waals surface area contributed by atoms with Crippen molar-refractivity contribution in [1.82, 2.24) is 4.90 Å². The van der Waals surface area contributed by atoms with Gasteiger partial charge in [-0.25, -0.2) is 0 Å². The Morgan fingerprint density at radius 3 is 1.93 bits per heavy atom. The number of amides is 3. The maximum Gasteiger partial charge on any atom is 0.244 e. The molecule has 1 saturated heterocycles. The van der Waals surface area contributed by atoms with Gasteiger partial charge >= 0.3 is 0 Å². The first-order chi connectivity index (χ1) is 12.8. The Morgan fingerprint density at radius 1 is 1.00 bits per heavy atom. The SMILES string of the molecule is CC(C)c1cccc(C(C)C)c1NC(=O)CN1C(=O)[C@H]2CC=CC[C@H]2C1=O. The molecule has 0 bridgehead atoms. The first kappa shape index (κ1) is 19.3. The second-order valence-electron chi connectivity index (χ2n) is 8.09. The van der Waals surface area contributed by atoms with E-state index in [9.17, 15) is 14.4 Å². The molecule has 1 fully saturated rings. The number of carbonyl (C=O) groups is 3. The van der Waals surface area contributed by atoms with E-state index in [1.165, 1.54) is 0 Å². The quantitative estimate of drug-likeness (QED) is 0.635. The third kappa shape index (κ3) is 3.68. The molecule has 2 aliphatic rings. The highest BCUT2D eigenvalue weighted by Crippen LogP contribution is 2.35. The van der Waals surface area contributed by atoms with Crippen molar-refractivity contribution in [2.75, 3.05) is 11.9 Å². The van der Waals surface area contributed by atoms with E-state index < -0.39 is 0 Å². The molecule has 3 amide bonds. The molecule has 1 aromatic rings. The van der Waals surface area contributed by atoms with Crippen LogP contribution < -0.4 is 5.32 Å². The van der Waals surface area contributed by atoms with Crippen molar-refractivity contribution < 1.29 is 14.4 Å². The Morgan fingerprint density at radius 2 is 1.48 bits per heavy atom. The number of allylic oxidation sites excluding steroid dienone is 2. The van der Waals surface area contributed by atoms with E-state index in [2.05, 4.69) is 33.0 Å². The van der Waals surface area contributed by atoms with Gasteiger partial charge in [-0.2, -0.15) is 0 Å². The van der Waals surface area contributed by atoms with Gasteiger partial charge in [0.15, 0.2) is 0 Å². The van der Waals surface area contributed by atoms with E-state index in [4.69, 9.17) is 0 Å². The van der Waals surface area contributed by atoms with Crippen molar-refractivity contribution in [2.24, 2.45) is 11.8 Å². The van der Waals surface area contributed by atoms with Crippen LogP contribution in [0.4, 0.5) is 5.69 Å². The summed E-state index contributed by atoms with van der Waals surface area (Å²) in [4.78, 5) is 39.0. The van der Waals surface area contributed by atoms with Gasteiger partial charge in [0.25, 0.3) is 0 Å². The average molecular weight is 368 g/mol. The van der Waals surface area contributed by atoms with Crippen molar-refractivity contribution in [3.05, 3.63) is 41.5 Å². The summed E-state index contributed by atoms with van der Waals surface area (Å²) in [5.41, 5.74) is 2.93. The van der Waals surface area contributed by atoms with Gasteiger partial charge in [0, 0.05) is 5.69 Å². The van der Waals surface area contributed by atoms with E-state index in [-0.39, 0.29) is 47.9 Å². The monoisotopic (exact) mass is 368 g/mol. The minimum Gasteiger partial charge on any atom is -0.324 e. The van der Waals surface area contributed by atoms with Crippen LogP contribution in [0.3, 0.4) is 0 Å². The van der Waals surface area contributed by atoms with Gasteiger partial charge in [0.05, 0.1) is 11.8 Å². The summed E-state index contributed by atoms with van der Waals surface area (Å²) in [6.45, 7) is 8.12. The summed E-state index contributed by atoms with van der Waals surface area (Å²) < 4.78 is 0. The molecule has 1 aliphatic heterocycles. The molecule has 0 spiro atoms. The van der Waals surface area contributed by atoms with E-state index in [0.29, 0.717) is 12.8 Å². The lowest BCUT2D eigenvalue weighted by atomic mass is 9.85. The lowest BCUT2D eigenvalue weighted by molar-refractivity contribution is -0.142. The average Bonchev–Trinajstić information content (AvgIpc) is 2.86. The van der Waals surface area contributed by atoms with Crippen molar-refractivity contribution >= 4 is 23.4 Å². The zero-order valence-electron chi connectivity index (χ0n) is 16.5. The number of nitrogens with zero attached hydrogens (tertiary/aromatic N) is 1. The lowest BCUT2D eigenvalue weighted by Crippen LogP contribution is -2.38. The number of para-hydroxylation sites is 1. The van der Waals surface area contributed by atoms with E-state index in [1.54, 1.807) is 0 Å². The molecule has 5 nitrogen and oxygen atoms in total. The number of fused-ring (bicyclic) bond motifs is 1. The molecule has 27 heavy (non-hydrogen) atoms. The molecule has 1 aromatic carbocycles. The fraction of sp³-hybridized carbons (Fsp3) is 0.500. The van der Waals surface area contributed by atoms with Crippen LogP contribution in [-0.4, -0.2) is 29.2 Å². The fourth-order valence-corrected chi connectivity index (χ4v) is 4.04. The predicted octanol–water partition coefficient (Wildman–Crippen LogP) is 3.82. The third-order valence-electron chi connectivity index (χ3n) is 5.54. The summed E-state index contributed by atoms with van der Waals surface area (Å²) in [5.74, 6) is -0.852. The highest BCUT2D eigenvalue weighted by Gasteiger charge is 2.47. The van der Waals surface area contributed by atoms with Crippen molar-refractivity contribution in [2.45, 2.75) is 52.4 Å². The van der Waals surface area contributed by atoms with Crippen molar-refractivity contribution in [1.29, 1.82) is 0 Å². The van der Waals surface area contributed by atoms with Crippen LogP contribution in [0.1, 0.15) is 63.5 Å². The third-order valence-corrected chi connectivity index (χ3v) is 5.54. The minimum atomic E-state index is -0.321. The molecule has 1 N–H and O–H groups in total. The van der Waals surface area contributed by atoms with Gasteiger partial charge < -0.3 is 5.32 Å². The van der Waals surface area contributed by atoms with E-state index >= 15 is 0 Å². The topological polar surface area (TPSA) is 66.5 Å². The van der Waals surface area contributed by atoms with Crippen LogP contribution in [0, 0.1) is 11.8 Å². The summed E-state index contributed by atoms with van der Waals surface area (Å²) in [7, 11) is 0. The van der Waals surface area contributed by atoms with E-state index in [1.807, 2.05) is 30.4 Å². The summed E-state index contributed by atoms with van der Waals surface area (Å²) in [6.07, 6.45) is 5.06. The van der Waals surface area contributed by atoms with Gasteiger partial charge in [-0.05, 0) is 35.8 Å². The molecule has 0 saturated carbocycles. The molecule has 144 valence electrons. The Labute approximate surface area is 160 Å². The van der Waals surface area contributed by atoms with Crippen LogP contribution in [0.15, 0.2) is 30.4 Å². The Bertz CT molecular complexity index is 742. The van der Waals surface area contributed by atoms with Gasteiger partial charge in [-0.3, -0.25) is 19.3 Å². The van der Waals surface area contributed by atoms with Gasteiger partial charge in [0.1, 0.15) is 6.54 Å². The number of rotatable bonds is 5. The smallest absolute Gasteiger partial charge is 0.244 e. The number of anilines is 1. The second-order valence-corrected chi connectivity index (χ2v) is 8.09. The molecule has 2 atom stereocenters. The lowest BCUT2D eigenvalue weighted by Gasteiger charge is -2.21. The zero-order chi connectivity index (χ0) is 19.7. The Hall–Kier alpha value is -2.43. The Kier molecular flexibility index (Phi) is 5.49. The fourth-order valence-electron chi connectivity index (χ4n) is 4.04. The number of imide groups is 1. The standard InChI is InChI=1S/C22H28N2O3/c1-13(2)15-10-7-11-16(14(3)4)20(15)23-19(25)12-24-21(26)17-8-5-6-9-18(17)22(24)27/h5-7,10-11,13-14,17-18H,8-9,12H2,1-4H3,(H,23,25)/t17-,18+. The van der Waals surface area contributed by atoms with Gasteiger partial charge in [-0.15, -0.1) is 0 Å². The van der Waals surface area contributed by atoms with Crippen LogP contribution >= 0.6 is 0 Å². The summed E-state index contributed by atoms with van der Waals surface area (Å²) in [6, 6.07) is 6.03. The number of hydrogen-bond donors (Lipinski definition) is 1. The first-order valence-electron chi connectivity index (χ1n) is 9.74. The maximum absolute atomic E-state index is 12.7. The molecule has 5 heteroatoms. The van der Waals surface area contributed by atoms with Crippen molar-refractivity contribution in [3.8, 4) is 0 Å².